The maximum atomic E-state index is 11.1. The molecule has 3 atom stereocenters. The molecule has 1 aliphatic rings. The second-order valence-corrected chi connectivity index (χ2v) is 7.97. The summed E-state index contributed by atoms with van der Waals surface area (Å²) >= 11 is 1.75. The molecule has 1 aliphatic carbocycles. The van der Waals surface area contributed by atoms with Crippen LogP contribution in [0.3, 0.4) is 0 Å². The number of rotatable bonds is 7. The third-order valence-corrected chi connectivity index (χ3v) is 6.25. The van der Waals surface area contributed by atoms with Crippen LogP contribution in [0.15, 0.2) is 60.7 Å². The van der Waals surface area contributed by atoms with E-state index in [2.05, 4.69) is 57.3 Å². The van der Waals surface area contributed by atoms with Crippen LogP contribution < -0.4 is 0 Å². The number of nitrogens with zero attached hydrogens (tertiary/aromatic N) is 1. The van der Waals surface area contributed by atoms with Gasteiger partial charge >= 0.3 is 0 Å². The highest BCUT2D eigenvalue weighted by molar-refractivity contribution is 8.02. The number of hydrogen-bond acceptors (Lipinski definition) is 3. The highest BCUT2D eigenvalue weighted by atomic mass is 32.2. The molecule has 0 heterocycles. The van der Waals surface area contributed by atoms with Gasteiger partial charge in [0.2, 0.25) is 0 Å². The molecule has 0 bridgehead atoms. The van der Waals surface area contributed by atoms with Crippen molar-refractivity contribution in [2.45, 2.75) is 24.3 Å². The van der Waals surface area contributed by atoms with Gasteiger partial charge in [0.15, 0.2) is 0 Å². The largest absolute Gasteiger partial charge is 0.387 e. The molecule has 3 heteroatoms. The van der Waals surface area contributed by atoms with Gasteiger partial charge < -0.3 is 10.0 Å². The minimum Gasteiger partial charge on any atom is -0.387 e. The SMILES string of the molecule is C[C@@H]([C]1[CH][CH][CH][C]1S[C@H](c1ccccc1)[C@H](O)c1ccccc1)N(C)C. The first-order chi connectivity index (χ1) is 12.6. The Morgan fingerprint density at radius 1 is 0.846 bits per heavy atom. The van der Waals surface area contributed by atoms with Gasteiger partial charge in [0.1, 0.15) is 0 Å². The van der Waals surface area contributed by atoms with E-state index in [-0.39, 0.29) is 5.25 Å². The van der Waals surface area contributed by atoms with Crippen molar-refractivity contribution in [1.29, 1.82) is 0 Å². The number of hydrogen-bond donors (Lipinski definition) is 1. The zero-order valence-corrected chi connectivity index (χ0v) is 16.4. The number of aliphatic hydroxyl groups is 1. The Labute approximate surface area is 162 Å². The molecule has 1 fully saturated rings. The lowest BCUT2D eigenvalue weighted by atomic mass is 9.98. The monoisotopic (exact) mass is 364 g/mol. The van der Waals surface area contributed by atoms with Crippen molar-refractivity contribution < 1.29 is 5.11 Å². The Kier molecular flexibility index (Phi) is 6.80. The fourth-order valence-corrected chi connectivity index (χ4v) is 4.45. The predicted octanol–water partition coefficient (Wildman–Crippen LogP) is 4.88. The molecular weight excluding hydrogens is 338 g/mol. The molecule has 0 spiro atoms. The van der Waals surface area contributed by atoms with Gasteiger partial charge in [-0.05, 0) is 51.4 Å². The van der Waals surface area contributed by atoms with E-state index < -0.39 is 6.10 Å². The Hall–Kier alpha value is -1.29. The molecule has 26 heavy (non-hydrogen) atoms. The van der Waals surface area contributed by atoms with Crippen LogP contribution >= 0.6 is 11.8 Å². The van der Waals surface area contributed by atoms with Crippen LogP contribution in [0.1, 0.15) is 29.4 Å². The van der Waals surface area contributed by atoms with Gasteiger partial charge in [-0.2, -0.15) is 0 Å². The third kappa shape index (κ3) is 4.51. The normalized spacial score (nSPS) is 19.6. The standard InChI is InChI=1S/C23H26NOS/c1-17(24(2)3)20-15-10-16-21(20)26-23(19-13-8-5-9-14-19)22(25)18-11-6-4-7-12-18/h4-17,22-23,25H,1-3H3/t17-,22+,23+/m0/s1. The number of aliphatic hydroxyl groups excluding tert-OH is 1. The van der Waals surface area contributed by atoms with Crippen LogP contribution in [0.4, 0.5) is 0 Å². The predicted molar refractivity (Wildman–Crippen MR) is 111 cm³/mol. The zero-order chi connectivity index (χ0) is 18.5. The summed E-state index contributed by atoms with van der Waals surface area (Å²) in [6, 6.07) is 20.5. The molecule has 2 aromatic rings. The summed E-state index contributed by atoms with van der Waals surface area (Å²) in [5.74, 6) is 1.31. The van der Waals surface area contributed by atoms with E-state index in [1.807, 2.05) is 48.5 Å². The molecule has 2 aromatic carbocycles. The fourth-order valence-electron chi connectivity index (χ4n) is 3.07. The minimum atomic E-state index is -0.569. The highest BCUT2D eigenvalue weighted by Crippen LogP contribution is 2.53. The average molecular weight is 365 g/mol. The highest BCUT2D eigenvalue weighted by Gasteiger charge is 2.38. The van der Waals surface area contributed by atoms with E-state index >= 15 is 0 Å². The van der Waals surface area contributed by atoms with Crippen molar-refractivity contribution in [2.75, 3.05) is 14.1 Å². The van der Waals surface area contributed by atoms with E-state index in [1.54, 1.807) is 11.8 Å². The van der Waals surface area contributed by atoms with Crippen molar-refractivity contribution in [3.05, 3.63) is 102 Å². The van der Waals surface area contributed by atoms with Gasteiger partial charge in [-0.3, -0.25) is 0 Å². The van der Waals surface area contributed by atoms with Crippen molar-refractivity contribution in [3.63, 3.8) is 0 Å². The molecule has 2 nitrogen and oxygen atoms in total. The fraction of sp³-hybridized carbons (Fsp3) is 0.261. The molecule has 135 valence electrons. The van der Waals surface area contributed by atoms with Crippen molar-refractivity contribution in [3.8, 4) is 0 Å². The molecule has 1 saturated carbocycles. The summed E-state index contributed by atoms with van der Waals surface area (Å²) < 4.78 is 0. The summed E-state index contributed by atoms with van der Waals surface area (Å²) in [5.41, 5.74) is 2.08. The maximum absolute atomic E-state index is 11.1. The molecule has 5 radical (unpaired) electrons. The third-order valence-electron chi connectivity index (χ3n) is 4.84. The second-order valence-electron chi connectivity index (χ2n) is 6.79. The molecule has 0 saturated heterocycles. The molecule has 0 unspecified atom stereocenters. The lowest BCUT2D eigenvalue weighted by molar-refractivity contribution is 0.175. The average Bonchev–Trinajstić information content (AvgIpc) is 3.14. The molecule has 3 rings (SSSR count). The second kappa shape index (κ2) is 9.07. The first-order valence-corrected chi connectivity index (χ1v) is 9.82. The van der Waals surface area contributed by atoms with Crippen molar-refractivity contribution >= 4 is 11.8 Å². The van der Waals surface area contributed by atoms with E-state index in [4.69, 9.17) is 0 Å². The number of benzene rings is 2. The van der Waals surface area contributed by atoms with Crippen LogP contribution in [0.2, 0.25) is 0 Å². The van der Waals surface area contributed by atoms with Crippen LogP contribution in [-0.4, -0.2) is 30.1 Å². The molecule has 0 aromatic heterocycles. The summed E-state index contributed by atoms with van der Waals surface area (Å²) in [6.45, 7) is 2.21. The first-order valence-electron chi connectivity index (χ1n) is 8.94. The maximum Gasteiger partial charge on any atom is 0.0949 e. The van der Waals surface area contributed by atoms with Crippen LogP contribution in [-0.2, 0) is 0 Å². The van der Waals surface area contributed by atoms with Gasteiger partial charge in [-0.25, -0.2) is 0 Å². The summed E-state index contributed by atoms with van der Waals surface area (Å²) in [7, 11) is 4.19. The van der Waals surface area contributed by atoms with Gasteiger partial charge in [-0.1, -0.05) is 60.7 Å². The van der Waals surface area contributed by atoms with Crippen LogP contribution in [0, 0.1) is 30.4 Å². The molecular formula is C23H26NOS. The van der Waals surface area contributed by atoms with Gasteiger partial charge in [-0.15, -0.1) is 11.8 Å². The van der Waals surface area contributed by atoms with Gasteiger partial charge in [0.25, 0.3) is 0 Å². The van der Waals surface area contributed by atoms with Crippen molar-refractivity contribution in [2.24, 2.45) is 0 Å². The molecule has 1 N–H and O–H groups in total. The molecule has 0 amide bonds. The quantitative estimate of drug-likeness (QED) is 0.757. The Balaban J connectivity index is 1.84. The van der Waals surface area contributed by atoms with E-state index in [0.29, 0.717) is 6.04 Å². The first kappa shape index (κ1) is 19.5. The Bertz CT molecular complexity index is 660. The van der Waals surface area contributed by atoms with E-state index in [1.165, 1.54) is 11.2 Å². The summed E-state index contributed by atoms with van der Waals surface area (Å²) in [4.78, 5) is 2.21. The Morgan fingerprint density at radius 2 is 1.42 bits per heavy atom. The van der Waals surface area contributed by atoms with Crippen LogP contribution in [0.5, 0.6) is 0 Å². The van der Waals surface area contributed by atoms with Crippen LogP contribution in [0.25, 0.3) is 0 Å². The van der Waals surface area contributed by atoms with Gasteiger partial charge in [0.05, 0.1) is 11.4 Å². The smallest absolute Gasteiger partial charge is 0.0949 e. The lowest BCUT2D eigenvalue weighted by Gasteiger charge is -2.32. The van der Waals surface area contributed by atoms with Gasteiger partial charge in [0, 0.05) is 17.2 Å². The topological polar surface area (TPSA) is 23.5 Å². The molecule has 0 aliphatic heterocycles. The van der Waals surface area contributed by atoms with E-state index in [0.717, 1.165) is 11.1 Å². The lowest BCUT2D eigenvalue weighted by Crippen LogP contribution is -2.32. The van der Waals surface area contributed by atoms with Crippen molar-refractivity contribution in [1.82, 2.24) is 4.90 Å². The Morgan fingerprint density at radius 3 is 2.00 bits per heavy atom. The summed E-state index contributed by atoms with van der Waals surface area (Å²) in [6.07, 6.45) is 5.88. The number of thioether (sulfide) groups is 1. The summed E-state index contributed by atoms with van der Waals surface area (Å²) in [5, 5.41) is 12.3. The zero-order valence-electron chi connectivity index (χ0n) is 15.5. The minimum absolute atomic E-state index is 0.0610. The van der Waals surface area contributed by atoms with E-state index in [9.17, 15) is 5.11 Å².